The number of ether oxygens (including phenoxy) is 3. The number of hydrogen-bond acceptors (Lipinski definition) is 9. The lowest BCUT2D eigenvalue weighted by molar-refractivity contribution is 0.0195. The Morgan fingerprint density at radius 3 is 2.31 bits per heavy atom. The highest BCUT2D eigenvalue weighted by Gasteiger charge is 2.41. The Hall–Kier alpha value is -3.71. The summed E-state index contributed by atoms with van der Waals surface area (Å²) in [5.74, 6) is 0.0913. The summed E-state index contributed by atoms with van der Waals surface area (Å²) in [4.78, 5) is 38.3. The van der Waals surface area contributed by atoms with Gasteiger partial charge in [0.05, 0.1) is 29.7 Å². The number of aromatic nitrogens is 2. The highest BCUT2D eigenvalue weighted by atomic mass is 28.4. The lowest BCUT2D eigenvalue weighted by Gasteiger charge is -2.40. The van der Waals surface area contributed by atoms with Gasteiger partial charge in [0.25, 0.3) is 0 Å². The van der Waals surface area contributed by atoms with Crippen LogP contribution in [-0.4, -0.2) is 79.4 Å². The van der Waals surface area contributed by atoms with Crippen molar-refractivity contribution in [2.75, 3.05) is 37.0 Å². The van der Waals surface area contributed by atoms with E-state index in [1.807, 2.05) is 26.8 Å². The molecule has 0 aliphatic carbocycles. The summed E-state index contributed by atoms with van der Waals surface area (Å²) in [7, 11) is -0.686. The standard InChI is InChI=1S/C36H54FN5O6Si/c1-22-18-24(41(11)32(43)46-34(2,3)4)20-27(38-22)40-31-29(37)28(30-26(39-31)15-17-45-30)23-14-16-42(33(44)47-35(5,6)7)21-25(19-23)48-49(12,13)36(8,9)10/h14,18,20,25H,15-17,19,21H2,1-13H3,(H,38,39,40)/t25-/m0/s1. The summed E-state index contributed by atoms with van der Waals surface area (Å²) in [6, 6.07) is 3.39. The van der Waals surface area contributed by atoms with E-state index in [4.69, 9.17) is 18.6 Å². The molecule has 0 aromatic carbocycles. The minimum Gasteiger partial charge on any atom is -0.491 e. The van der Waals surface area contributed by atoms with E-state index in [0.29, 0.717) is 65.8 Å². The highest BCUT2D eigenvalue weighted by molar-refractivity contribution is 6.74. The Balaban J connectivity index is 1.74. The fourth-order valence-electron chi connectivity index (χ4n) is 5.29. The van der Waals surface area contributed by atoms with Gasteiger partial charge in [-0.3, -0.25) is 4.90 Å². The van der Waals surface area contributed by atoms with Crippen LogP contribution in [0.25, 0.3) is 5.57 Å². The van der Waals surface area contributed by atoms with Gasteiger partial charge < -0.3 is 28.9 Å². The van der Waals surface area contributed by atoms with Crippen molar-refractivity contribution >= 4 is 43.4 Å². The first-order valence-electron chi connectivity index (χ1n) is 16.9. The number of hydrogen-bond donors (Lipinski definition) is 1. The average molecular weight is 700 g/mol. The number of fused-ring (bicyclic) bond motifs is 1. The van der Waals surface area contributed by atoms with Crippen LogP contribution in [0.2, 0.25) is 18.1 Å². The van der Waals surface area contributed by atoms with E-state index in [-0.39, 0.29) is 17.4 Å². The van der Waals surface area contributed by atoms with Gasteiger partial charge in [0.15, 0.2) is 25.7 Å². The largest absolute Gasteiger partial charge is 0.491 e. The maximum atomic E-state index is 16.8. The fourth-order valence-corrected chi connectivity index (χ4v) is 6.64. The van der Waals surface area contributed by atoms with Crippen molar-refractivity contribution in [2.45, 2.75) is 118 Å². The van der Waals surface area contributed by atoms with Crippen LogP contribution in [0.3, 0.4) is 0 Å². The number of carbonyl (C=O) groups excluding carboxylic acids is 2. The first kappa shape index (κ1) is 38.1. The van der Waals surface area contributed by atoms with Crippen molar-refractivity contribution in [3.05, 3.63) is 41.0 Å². The number of nitrogens with zero attached hydrogens (tertiary/aromatic N) is 4. The second-order valence-electron chi connectivity index (χ2n) is 16.4. The van der Waals surface area contributed by atoms with Crippen LogP contribution in [0.1, 0.15) is 85.7 Å². The van der Waals surface area contributed by atoms with Gasteiger partial charge in [-0.1, -0.05) is 26.8 Å². The minimum absolute atomic E-state index is 0.0146. The summed E-state index contributed by atoms with van der Waals surface area (Å²) in [6.07, 6.45) is 1.34. The average Bonchev–Trinajstić information content (AvgIpc) is 3.29. The van der Waals surface area contributed by atoms with Gasteiger partial charge in [-0.15, -0.1) is 0 Å². The maximum absolute atomic E-state index is 16.8. The van der Waals surface area contributed by atoms with Crippen LogP contribution in [0, 0.1) is 12.7 Å². The number of pyridine rings is 2. The molecule has 270 valence electrons. The molecular formula is C36H54FN5O6Si. The molecule has 2 aliphatic heterocycles. The van der Waals surface area contributed by atoms with Crippen molar-refractivity contribution in [3.63, 3.8) is 0 Å². The number of amides is 2. The molecule has 49 heavy (non-hydrogen) atoms. The Kier molecular flexibility index (Phi) is 10.8. The topological polar surface area (TPSA) is 115 Å². The quantitative estimate of drug-likeness (QED) is 0.297. The van der Waals surface area contributed by atoms with Crippen LogP contribution in [0.15, 0.2) is 18.2 Å². The van der Waals surface area contributed by atoms with Crippen molar-refractivity contribution in [1.29, 1.82) is 0 Å². The zero-order valence-electron chi connectivity index (χ0n) is 31.5. The van der Waals surface area contributed by atoms with Crippen LogP contribution >= 0.6 is 0 Å². The Morgan fingerprint density at radius 2 is 1.69 bits per heavy atom. The van der Waals surface area contributed by atoms with Crippen LogP contribution in [0.5, 0.6) is 5.75 Å². The monoisotopic (exact) mass is 699 g/mol. The van der Waals surface area contributed by atoms with E-state index in [1.165, 1.54) is 4.90 Å². The summed E-state index contributed by atoms with van der Waals surface area (Å²) < 4.78 is 41.0. The van der Waals surface area contributed by atoms with E-state index in [1.54, 1.807) is 51.8 Å². The third kappa shape index (κ3) is 9.50. The second kappa shape index (κ2) is 13.9. The molecule has 0 saturated carbocycles. The number of anilines is 3. The molecule has 2 aromatic heterocycles. The zero-order valence-corrected chi connectivity index (χ0v) is 32.5. The summed E-state index contributed by atoms with van der Waals surface area (Å²) >= 11 is 0. The zero-order chi connectivity index (χ0) is 36.7. The van der Waals surface area contributed by atoms with Crippen molar-refractivity contribution in [1.82, 2.24) is 14.9 Å². The molecule has 0 fully saturated rings. The molecule has 2 aliphatic rings. The number of rotatable bonds is 6. The van der Waals surface area contributed by atoms with E-state index < -0.39 is 43.6 Å². The third-order valence-electron chi connectivity index (χ3n) is 8.66. The van der Waals surface area contributed by atoms with E-state index >= 15 is 4.39 Å². The minimum atomic E-state index is -2.29. The predicted molar refractivity (Wildman–Crippen MR) is 193 cm³/mol. The molecule has 1 N–H and O–H groups in total. The smallest absolute Gasteiger partial charge is 0.414 e. The van der Waals surface area contributed by atoms with Crippen molar-refractivity contribution in [2.24, 2.45) is 0 Å². The Bertz CT molecular complexity index is 1610. The molecular weight excluding hydrogens is 646 g/mol. The first-order chi connectivity index (χ1) is 22.4. The lowest BCUT2D eigenvalue weighted by Crippen LogP contribution is -2.48. The number of carbonyl (C=O) groups is 2. The lowest BCUT2D eigenvalue weighted by atomic mass is 9.98. The predicted octanol–water partition coefficient (Wildman–Crippen LogP) is 8.39. The molecule has 0 radical (unpaired) electrons. The summed E-state index contributed by atoms with van der Waals surface area (Å²) in [5, 5.41) is 2.99. The molecule has 4 rings (SSSR count). The summed E-state index contributed by atoms with van der Waals surface area (Å²) in [5.41, 5.74) is 1.36. The Morgan fingerprint density at radius 1 is 1.04 bits per heavy atom. The molecule has 11 nitrogen and oxygen atoms in total. The third-order valence-corrected chi connectivity index (χ3v) is 13.2. The SMILES string of the molecule is Cc1cc(N(C)C(=O)OC(C)(C)C)cc(Nc2nc3c(c(C4=CCN(C(=O)OC(C)(C)C)C[C@@H](O[Si](C)(C)C(C)(C)C)C4)c2F)OCC3)n1. The van der Waals surface area contributed by atoms with Crippen molar-refractivity contribution in [3.8, 4) is 5.75 Å². The van der Waals surface area contributed by atoms with Gasteiger partial charge in [-0.05, 0) is 84.7 Å². The van der Waals surface area contributed by atoms with E-state index in [0.717, 1.165) is 0 Å². The van der Waals surface area contributed by atoms with Gasteiger partial charge in [-0.25, -0.2) is 23.9 Å². The van der Waals surface area contributed by atoms with Gasteiger partial charge in [-0.2, -0.15) is 0 Å². The van der Waals surface area contributed by atoms with Gasteiger partial charge in [0, 0.05) is 38.3 Å². The molecule has 0 spiro atoms. The molecule has 0 unspecified atom stereocenters. The van der Waals surface area contributed by atoms with Crippen molar-refractivity contribution < 1.29 is 32.6 Å². The maximum Gasteiger partial charge on any atom is 0.414 e. The molecule has 0 bridgehead atoms. The summed E-state index contributed by atoms with van der Waals surface area (Å²) in [6.45, 7) is 24.4. The normalized spacial score (nSPS) is 17.1. The van der Waals surface area contributed by atoms with Gasteiger partial charge in [0.1, 0.15) is 17.0 Å². The number of nitrogens with one attached hydrogen (secondary N) is 1. The number of aryl methyl sites for hydroxylation is 1. The molecule has 0 saturated heterocycles. The molecule has 4 heterocycles. The van der Waals surface area contributed by atoms with E-state index in [2.05, 4.69) is 49.1 Å². The van der Waals surface area contributed by atoms with Gasteiger partial charge in [0.2, 0.25) is 0 Å². The molecule has 2 aromatic rings. The van der Waals surface area contributed by atoms with Crippen LogP contribution in [0.4, 0.5) is 31.3 Å². The van der Waals surface area contributed by atoms with Crippen LogP contribution < -0.4 is 15.0 Å². The molecule has 1 atom stereocenters. The first-order valence-corrected chi connectivity index (χ1v) is 19.8. The molecule has 13 heteroatoms. The molecule has 2 amide bonds. The fraction of sp³-hybridized carbons (Fsp3) is 0.611. The van der Waals surface area contributed by atoms with Crippen LogP contribution in [-0.2, 0) is 20.3 Å². The Labute approximate surface area is 291 Å². The van der Waals surface area contributed by atoms with E-state index in [9.17, 15) is 9.59 Å². The van der Waals surface area contributed by atoms with Gasteiger partial charge >= 0.3 is 12.2 Å². The second-order valence-corrected chi connectivity index (χ2v) is 21.1. The highest BCUT2D eigenvalue weighted by Crippen LogP contribution is 2.43. The number of halogens is 1.